The fourth-order valence-corrected chi connectivity index (χ4v) is 0.742. The molecule has 0 bridgehead atoms. The van der Waals surface area contributed by atoms with Crippen LogP contribution in [0.4, 0.5) is 0 Å². The zero-order valence-electron chi connectivity index (χ0n) is 5.13. The van der Waals surface area contributed by atoms with Crippen LogP contribution in [0.5, 0.6) is 0 Å². The van der Waals surface area contributed by atoms with Gasteiger partial charge < -0.3 is 9.84 Å². The summed E-state index contributed by atoms with van der Waals surface area (Å²) in [5.41, 5.74) is 0. The number of methoxy groups -OCH3 is 1. The van der Waals surface area contributed by atoms with Crippen LogP contribution in [0.15, 0.2) is 0 Å². The molecule has 0 radical (unpaired) electrons. The van der Waals surface area contributed by atoms with E-state index in [-0.39, 0.29) is 12.1 Å². The Morgan fingerprint density at radius 1 is 1.89 bits per heavy atom. The van der Waals surface area contributed by atoms with Gasteiger partial charge >= 0.3 is 5.97 Å². The molecular formula is C5H9NO3. The number of carboxylic acids is 1. The molecule has 1 aliphatic heterocycles. The van der Waals surface area contributed by atoms with Crippen molar-refractivity contribution >= 4 is 5.97 Å². The van der Waals surface area contributed by atoms with Gasteiger partial charge in [0.05, 0.1) is 12.6 Å². The molecule has 52 valence electrons. The van der Waals surface area contributed by atoms with Crippen molar-refractivity contribution in [2.75, 3.05) is 13.7 Å². The summed E-state index contributed by atoms with van der Waals surface area (Å²) in [6.07, 6.45) is 0. The molecule has 1 fully saturated rings. The molecule has 0 aliphatic carbocycles. The number of nitrogens with one attached hydrogen (secondary N) is 1. The summed E-state index contributed by atoms with van der Waals surface area (Å²) in [5.74, 6) is -0.794. The molecule has 1 heterocycles. The van der Waals surface area contributed by atoms with Crippen LogP contribution in [0.2, 0.25) is 0 Å². The van der Waals surface area contributed by atoms with Crippen molar-refractivity contribution in [2.45, 2.75) is 12.1 Å². The fourth-order valence-electron chi connectivity index (χ4n) is 0.742. The van der Waals surface area contributed by atoms with Crippen LogP contribution in [-0.4, -0.2) is 36.9 Å². The Hall–Kier alpha value is -0.610. The van der Waals surface area contributed by atoms with Gasteiger partial charge in [0.2, 0.25) is 0 Å². The van der Waals surface area contributed by atoms with Crippen LogP contribution in [0.25, 0.3) is 0 Å². The van der Waals surface area contributed by atoms with Gasteiger partial charge in [-0.25, -0.2) is 0 Å². The number of hydrogen-bond acceptors (Lipinski definition) is 3. The van der Waals surface area contributed by atoms with Gasteiger partial charge in [-0.05, 0) is 0 Å². The predicted molar refractivity (Wildman–Crippen MR) is 30.2 cm³/mol. The molecular weight excluding hydrogens is 122 g/mol. The number of carbonyl (C=O) groups is 1. The summed E-state index contributed by atoms with van der Waals surface area (Å²) in [7, 11) is 1.55. The van der Waals surface area contributed by atoms with E-state index in [2.05, 4.69) is 5.32 Å². The average Bonchev–Trinajstić information content (AvgIpc) is 2.47. The lowest BCUT2D eigenvalue weighted by molar-refractivity contribution is -0.136. The second-order valence-electron chi connectivity index (χ2n) is 2.04. The Morgan fingerprint density at radius 2 is 2.56 bits per heavy atom. The van der Waals surface area contributed by atoms with Crippen LogP contribution in [0, 0.1) is 0 Å². The quantitative estimate of drug-likeness (QED) is 0.485. The molecule has 0 spiro atoms. The lowest BCUT2D eigenvalue weighted by Gasteiger charge is -1.89. The lowest BCUT2D eigenvalue weighted by atomic mass is 10.3. The maximum absolute atomic E-state index is 10.1. The summed E-state index contributed by atoms with van der Waals surface area (Å²) in [5, 5.41) is 11.1. The molecule has 1 aliphatic rings. The first-order valence-corrected chi connectivity index (χ1v) is 2.73. The van der Waals surface area contributed by atoms with Crippen LogP contribution in [0.3, 0.4) is 0 Å². The molecule has 0 unspecified atom stereocenters. The third-order valence-electron chi connectivity index (χ3n) is 1.30. The normalized spacial score (nSPS) is 32.1. The van der Waals surface area contributed by atoms with E-state index in [1.165, 1.54) is 0 Å². The van der Waals surface area contributed by atoms with Gasteiger partial charge in [0.25, 0.3) is 0 Å². The summed E-state index contributed by atoms with van der Waals surface area (Å²) < 4.78 is 4.72. The maximum Gasteiger partial charge on any atom is 0.322 e. The minimum atomic E-state index is -0.794. The van der Waals surface area contributed by atoms with Crippen molar-refractivity contribution in [1.82, 2.24) is 5.32 Å². The number of hydrogen-bond donors (Lipinski definition) is 2. The molecule has 1 rings (SSSR count). The first-order valence-electron chi connectivity index (χ1n) is 2.73. The second-order valence-corrected chi connectivity index (χ2v) is 2.04. The smallest absolute Gasteiger partial charge is 0.322 e. The van der Waals surface area contributed by atoms with Gasteiger partial charge in [-0.3, -0.25) is 10.1 Å². The summed E-state index contributed by atoms with van der Waals surface area (Å²) in [6, 6.07) is -0.336. The minimum absolute atomic E-state index is 0.0347. The number of carboxylic acid groups (broad SMARTS) is 1. The van der Waals surface area contributed by atoms with E-state index >= 15 is 0 Å². The Kier molecular flexibility index (Phi) is 1.68. The summed E-state index contributed by atoms with van der Waals surface area (Å²) in [4.78, 5) is 10.1. The minimum Gasteiger partial charge on any atom is -0.480 e. The van der Waals surface area contributed by atoms with Crippen molar-refractivity contribution in [3.05, 3.63) is 0 Å². The topological polar surface area (TPSA) is 68.5 Å². The van der Waals surface area contributed by atoms with Gasteiger partial charge in [0, 0.05) is 7.11 Å². The maximum atomic E-state index is 10.1. The molecule has 0 amide bonds. The molecule has 1 saturated heterocycles. The van der Waals surface area contributed by atoms with Gasteiger partial charge in [0.15, 0.2) is 0 Å². The van der Waals surface area contributed by atoms with Crippen molar-refractivity contribution in [3.8, 4) is 0 Å². The fraction of sp³-hybridized carbons (Fsp3) is 0.800. The van der Waals surface area contributed by atoms with Crippen molar-refractivity contribution in [2.24, 2.45) is 0 Å². The molecule has 0 aromatic heterocycles. The average molecular weight is 131 g/mol. The highest BCUT2D eigenvalue weighted by Gasteiger charge is 2.42. The van der Waals surface area contributed by atoms with Crippen molar-refractivity contribution < 1.29 is 14.6 Å². The Labute approximate surface area is 52.8 Å². The van der Waals surface area contributed by atoms with Crippen LogP contribution in [-0.2, 0) is 9.53 Å². The first-order chi connectivity index (χ1) is 4.25. The van der Waals surface area contributed by atoms with Crippen molar-refractivity contribution in [3.63, 3.8) is 0 Å². The van der Waals surface area contributed by atoms with E-state index in [0.717, 1.165) is 0 Å². The number of rotatable bonds is 3. The SMILES string of the molecule is COC[C@@H]1N[C@H]1C(=O)O. The monoisotopic (exact) mass is 131 g/mol. The predicted octanol–water partition coefficient (Wildman–Crippen LogP) is -0.942. The molecule has 4 heteroatoms. The number of aliphatic carboxylic acids is 1. The van der Waals surface area contributed by atoms with Gasteiger partial charge in [-0.2, -0.15) is 0 Å². The van der Waals surface area contributed by atoms with Gasteiger partial charge in [-0.15, -0.1) is 0 Å². The van der Waals surface area contributed by atoms with Crippen LogP contribution < -0.4 is 5.32 Å². The van der Waals surface area contributed by atoms with E-state index in [4.69, 9.17) is 9.84 Å². The molecule has 0 aromatic carbocycles. The largest absolute Gasteiger partial charge is 0.480 e. The Morgan fingerprint density at radius 3 is 2.89 bits per heavy atom. The molecule has 2 atom stereocenters. The van der Waals surface area contributed by atoms with E-state index in [0.29, 0.717) is 6.61 Å². The molecule has 2 N–H and O–H groups in total. The van der Waals surface area contributed by atoms with E-state index < -0.39 is 5.97 Å². The van der Waals surface area contributed by atoms with Crippen molar-refractivity contribution in [1.29, 1.82) is 0 Å². The Balaban J connectivity index is 2.17. The van der Waals surface area contributed by atoms with Crippen LogP contribution >= 0.6 is 0 Å². The first kappa shape index (κ1) is 6.51. The highest BCUT2D eigenvalue weighted by molar-refractivity contribution is 5.78. The van der Waals surface area contributed by atoms with Crippen LogP contribution in [0.1, 0.15) is 0 Å². The van der Waals surface area contributed by atoms with Gasteiger partial charge in [-0.1, -0.05) is 0 Å². The molecule has 4 nitrogen and oxygen atoms in total. The summed E-state index contributed by atoms with van der Waals surface area (Å²) >= 11 is 0. The lowest BCUT2D eigenvalue weighted by Crippen LogP contribution is -2.11. The summed E-state index contributed by atoms with van der Waals surface area (Å²) in [6.45, 7) is 0.483. The van der Waals surface area contributed by atoms with E-state index in [9.17, 15) is 4.79 Å². The zero-order valence-corrected chi connectivity index (χ0v) is 5.13. The Bertz CT molecular complexity index is 125. The molecule has 0 aromatic rings. The number of ether oxygens (including phenoxy) is 1. The third-order valence-corrected chi connectivity index (χ3v) is 1.30. The van der Waals surface area contributed by atoms with E-state index in [1.54, 1.807) is 7.11 Å². The zero-order chi connectivity index (χ0) is 6.85. The standard InChI is InChI=1S/C5H9NO3/c1-9-2-3-4(6-3)5(7)8/h3-4,6H,2H2,1H3,(H,7,8)/t3-,4+/m0/s1. The second kappa shape index (κ2) is 2.33. The highest BCUT2D eigenvalue weighted by Crippen LogP contribution is 2.09. The highest BCUT2D eigenvalue weighted by atomic mass is 16.5. The van der Waals surface area contributed by atoms with Gasteiger partial charge in [0.1, 0.15) is 6.04 Å². The third kappa shape index (κ3) is 1.40. The van der Waals surface area contributed by atoms with E-state index in [1.807, 2.05) is 0 Å². The molecule has 0 saturated carbocycles. The molecule has 9 heavy (non-hydrogen) atoms.